The summed E-state index contributed by atoms with van der Waals surface area (Å²) in [6, 6.07) is 2.79. The summed E-state index contributed by atoms with van der Waals surface area (Å²) in [5.74, 6) is -1.24. The third-order valence-corrected chi connectivity index (χ3v) is 1.22. The third-order valence-electron chi connectivity index (χ3n) is 1.22. The van der Waals surface area contributed by atoms with Crippen LogP contribution in [0.2, 0.25) is 0 Å². The molecule has 1 rings (SSSR count). The summed E-state index contributed by atoms with van der Waals surface area (Å²) in [7, 11) is 0. The SMILES string of the molecule is CC.NC(N)=Nc1ccnc(C(=O)O)c1. The Labute approximate surface area is 87.6 Å². The first kappa shape index (κ1) is 12.9. The normalized spacial score (nSPS) is 8.40. The number of aromatic nitrogens is 1. The van der Waals surface area contributed by atoms with Crippen LogP contribution in [0.3, 0.4) is 0 Å². The van der Waals surface area contributed by atoms with E-state index in [1.54, 1.807) is 0 Å². The van der Waals surface area contributed by atoms with Crippen LogP contribution in [0, 0.1) is 0 Å². The molecule has 0 aromatic carbocycles. The average Bonchev–Trinajstić information content (AvgIpc) is 2.20. The molecule has 0 radical (unpaired) electrons. The summed E-state index contributed by atoms with van der Waals surface area (Å²) < 4.78 is 0. The zero-order valence-electron chi connectivity index (χ0n) is 8.64. The lowest BCUT2D eigenvalue weighted by atomic mass is 10.3. The molecule has 0 aliphatic carbocycles. The van der Waals surface area contributed by atoms with Crippen LogP contribution in [0.15, 0.2) is 23.3 Å². The van der Waals surface area contributed by atoms with Crippen LogP contribution >= 0.6 is 0 Å². The van der Waals surface area contributed by atoms with Crippen LogP contribution in [0.25, 0.3) is 0 Å². The van der Waals surface area contributed by atoms with Gasteiger partial charge in [-0.2, -0.15) is 0 Å². The number of hydrogen-bond donors (Lipinski definition) is 3. The molecule has 0 atom stereocenters. The maximum atomic E-state index is 10.5. The first-order valence-corrected chi connectivity index (χ1v) is 4.38. The molecular formula is C9H14N4O2. The highest BCUT2D eigenvalue weighted by Crippen LogP contribution is 2.10. The number of pyridine rings is 1. The highest BCUT2D eigenvalue weighted by Gasteiger charge is 2.03. The lowest BCUT2D eigenvalue weighted by Crippen LogP contribution is -2.21. The van der Waals surface area contributed by atoms with E-state index in [-0.39, 0.29) is 11.7 Å². The van der Waals surface area contributed by atoms with Gasteiger partial charge in [-0.3, -0.25) is 0 Å². The Morgan fingerprint density at radius 3 is 2.53 bits per heavy atom. The number of rotatable bonds is 2. The van der Waals surface area contributed by atoms with Crippen molar-refractivity contribution in [3.05, 3.63) is 24.0 Å². The molecule has 15 heavy (non-hydrogen) atoms. The molecule has 6 heteroatoms. The minimum atomic E-state index is -1.12. The predicted octanol–water partition coefficient (Wildman–Crippen LogP) is 0.711. The fourth-order valence-electron chi connectivity index (χ4n) is 0.755. The van der Waals surface area contributed by atoms with Gasteiger partial charge in [0.1, 0.15) is 5.69 Å². The van der Waals surface area contributed by atoms with Crippen LogP contribution in [0.5, 0.6) is 0 Å². The molecule has 0 fully saturated rings. The number of aromatic carboxylic acids is 1. The van der Waals surface area contributed by atoms with Crippen molar-refractivity contribution >= 4 is 17.6 Å². The van der Waals surface area contributed by atoms with Crippen molar-refractivity contribution in [1.82, 2.24) is 4.98 Å². The summed E-state index contributed by atoms with van der Waals surface area (Å²) >= 11 is 0. The van der Waals surface area contributed by atoms with E-state index in [0.29, 0.717) is 5.69 Å². The molecule has 0 aliphatic rings. The Hall–Kier alpha value is -2.11. The summed E-state index contributed by atoms with van der Waals surface area (Å²) in [6.45, 7) is 4.00. The van der Waals surface area contributed by atoms with E-state index in [0.717, 1.165) is 0 Å². The molecule has 0 saturated heterocycles. The largest absolute Gasteiger partial charge is 0.477 e. The Balaban J connectivity index is 0.000000921. The lowest BCUT2D eigenvalue weighted by molar-refractivity contribution is 0.0690. The molecule has 0 unspecified atom stereocenters. The van der Waals surface area contributed by atoms with Gasteiger partial charge in [0.05, 0.1) is 5.69 Å². The second-order valence-electron chi connectivity index (χ2n) is 2.24. The Morgan fingerprint density at radius 1 is 1.47 bits per heavy atom. The maximum absolute atomic E-state index is 10.5. The summed E-state index contributed by atoms with van der Waals surface area (Å²) in [4.78, 5) is 17.7. The fourth-order valence-corrected chi connectivity index (χ4v) is 0.755. The van der Waals surface area contributed by atoms with Crippen molar-refractivity contribution in [2.24, 2.45) is 16.5 Å². The Bertz CT molecular complexity index is 359. The summed E-state index contributed by atoms with van der Waals surface area (Å²) in [5, 5.41) is 8.57. The number of hydrogen-bond acceptors (Lipinski definition) is 3. The zero-order chi connectivity index (χ0) is 11.8. The van der Waals surface area contributed by atoms with Crippen LogP contribution in [0.4, 0.5) is 5.69 Å². The molecule has 82 valence electrons. The van der Waals surface area contributed by atoms with E-state index in [2.05, 4.69) is 9.98 Å². The van der Waals surface area contributed by atoms with Gasteiger partial charge in [-0.15, -0.1) is 0 Å². The molecule has 1 heterocycles. The number of guanidine groups is 1. The number of carbonyl (C=O) groups is 1. The van der Waals surface area contributed by atoms with Crippen molar-refractivity contribution in [3.63, 3.8) is 0 Å². The third kappa shape index (κ3) is 4.61. The molecule has 0 saturated carbocycles. The first-order valence-electron chi connectivity index (χ1n) is 4.38. The Morgan fingerprint density at radius 2 is 2.07 bits per heavy atom. The first-order chi connectivity index (χ1) is 7.09. The summed E-state index contributed by atoms with van der Waals surface area (Å²) in [6.07, 6.45) is 1.32. The minimum Gasteiger partial charge on any atom is -0.477 e. The van der Waals surface area contributed by atoms with Crippen LogP contribution in [-0.4, -0.2) is 22.0 Å². The van der Waals surface area contributed by atoms with Gasteiger partial charge >= 0.3 is 5.97 Å². The molecule has 0 bridgehead atoms. The molecule has 1 aromatic heterocycles. The molecule has 0 spiro atoms. The van der Waals surface area contributed by atoms with Crippen LogP contribution in [-0.2, 0) is 0 Å². The predicted molar refractivity (Wildman–Crippen MR) is 58.0 cm³/mol. The van der Waals surface area contributed by atoms with E-state index >= 15 is 0 Å². The lowest BCUT2D eigenvalue weighted by Gasteiger charge is -1.95. The monoisotopic (exact) mass is 210 g/mol. The number of nitrogens with two attached hydrogens (primary N) is 2. The van der Waals surface area contributed by atoms with E-state index in [1.807, 2.05) is 13.8 Å². The standard InChI is InChI=1S/C7H8N4O2.C2H6/c8-7(9)11-4-1-2-10-5(3-4)6(12)13;1-2/h1-3H,(H,12,13)(H4,8,9,10,11);1-2H3. The van der Waals surface area contributed by atoms with E-state index in [9.17, 15) is 4.79 Å². The topological polar surface area (TPSA) is 115 Å². The second-order valence-corrected chi connectivity index (χ2v) is 2.24. The average molecular weight is 210 g/mol. The second kappa shape index (κ2) is 6.36. The maximum Gasteiger partial charge on any atom is 0.354 e. The van der Waals surface area contributed by atoms with Gasteiger partial charge < -0.3 is 16.6 Å². The molecular weight excluding hydrogens is 196 g/mol. The molecule has 1 aromatic rings. The Kier molecular flexibility index (Phi) is 5.47. The van der Waals surface area contributed by atoms with E-state index < -0.39 is 5.97 Å². The zero-order valence-corrected chi connectivity index (χ0v) is 8.64. The smallest absolute Gasteiger partial charge is 0.354 e. The van der Waals surface area contributed by atoms with Crippen molar-refractivity contribution in [2.75, 3.05) is 0 Å². The molecule has 5 N–H and O–H groups in total. The summed E-state index contributed by atoms with van der Waals surface area (Å²) in [5.41, 5.74) is 10.5. The van der Waals surface area contributed by atoms with E-state index in [1.165, 1.54) is 18.3 Å². The molecule has 0 aliphatic heterocycles. The number of aliphatic imine (C=N–C) groups is 1. The van der Waals surface area contributed by atoms with Gasteiger partial charge in [0.15, 0.2) is 5.96 Å². The highest BCUT2D eigenvalue weighted by atomic mass is 16.4. The van der Waals surface area contributed by atoms with Gasteiger partial charge in [0.2, 0.25) is 0 Å². The number of carboxylic acid groups (broad SMARTS) is 1. The molecule has 6 nitrogen and oxygen atoms in total. The van der Waals surface area contributed by atoms with Crippen LogP contribution < -0.4 is 11.5 Å². The van der Waals surface area contributed by atoms with Crippen LogP contribution in [0.1, 0.15) is 24.3 Å². The van der Waals surface area contributed by atoms with Gasteiger partial charge in [0.25, 0.3) is 0 Å². The van der Waals surface area contributed by atoms with Gasteiger partial charge in [-0.05, 0) is 12.1 Å². The van der Waals surface area contributed by atoms with Gasteiger partial charge in [0, 0.05) is 6.20 Å². The van der Waals surface area contributed by atoms with E-state index in [4.69, 9.17) is 16.6 Å². The quantitative estimate of drug-likeness (QED) is 0.491. The van der Waals surface area contributed by atoms with Crippen molar-refractivity contribution in [1.29, 1.82) is 0 Å². The van der Waals surface area contributed by atoms with Crippen molar-refractivity contribution in [2.45, 2.75) is 13.8 Å². The number of nitrogens with zero attached hydrogens (tertiary/aromatic N) is 2. The van der Waals surface area contributed by atoms with Gasteiger partial charge in [-0.1, -0.05) is 13.8 Å². The molecule has 0 amide bonds. The van der Waals surface area contributed by atoms with Crippen molar-refractivity contribution in [3.8, 4) is 0 Å². The van der Waals surface area contributed by atoms with Gasteiger partial charge in [-0.25, -0.2) is 14.8 Å². The van der Waals surface area contributed by atoms with Crippen molar-refractivity contribution < 1.29 is 9.90 Å². The fraction of sp³-hybridized carbons (Fsp3) is 0.222. The highest BCUT2D eigenvalue weighted by molar-refractivity contribution is 5.87. The number of carboxylic acids is 1. The minimum absolute atomic E-state index is 0.0949.